The van der Waals surface area contributed by atoms with Crippen LogP contribution in [0.15, 0.2) is 53.4 Å². The molecule has 3 aromatic rings. The molecule has 2 heterocycles. The number of amides is 1. The van der Waals surface area contributed by atoms with E-state index >= 15 is 0 Å². The Labute approximate surface area is 145 Å². The summed E-state index contributed by atoms with van der Waals surface area (Å²) in [5, 5.41) is 2.99. The maximum absolute atomic E-state index is 13.1. The van der Waals surface area contributed by atoms with Crippen molar-refractivity contribution in [2.75, 3.05) is 5.32 Å². The molecular formula is C17H12ClF3N2O2. The number of furan rings is 1. The topological polar surface area (TPSA) is 47.2 Å². The molecule has 8 heteroatoms. The van der Waals surface area contributed by atoms with E-state index in [4.69, 9.17) is 16.0 Å². The van der Waals surface area contributed by atoms with Crippen LogP contribution in [0.4, 0.5) is 18.9 Å². The number of nitrogens with one attached hydrogen (secondary N) is 1. The van der Waals surface area contributed by atoms with Gasteiger partial charge in [-0.2, -0.15) is 13.2 Å². The normalized spacial score (nSPS) is 11.6. The third-order valence-electron chi connectivity index (χ3n) is 3.53. The van der Waals surface area contributed by atoms with E-state index < -0.39 is 23.2 Å². The van der Waals surface area contributed by atoms with Crippen molar-refractivity contribution in [1.82, 2.24) is 4.57 Å². The second kappa shape index (κ2) is 6.33. The van der Waals surface area contributed by atoms with E-state index in [1.54, 1.807) is 24.3 Å². The molecule has 25 heavy (non-hydrogen) atoms. The van der Waals surface area contributed by atoms with Gasteiger partial charge in [0, 0.05) is 36.1 Å². The van der Waals surface area contributed by atoms with E-state index in [0.29, 0.717) is 16.3 Å². The minimum absolute atomic E-state index is 0.268. The first-order valence-corrected chi connectivity index (χ1v) is 7.51. The van der Waals surface area contributed by atoms with E-state index in [0.717, 1.165) is 12.4 Å². The average molecular weight is 369 g/mol. The molecule has 0 aliphatic rings. The van der Waals surface area contributed by atoms with Crippen LogP contribution in [0, 0.1) is 0 Å². The van der Waals surface area contributed by atoms with Gasteiger partial charge in [-0.15, -0.1) is 0 Å². The van der Waals surface area contributed by atoms with E-state index in [2.05, 4.69) is 5.32 Å². The third kappa shape index (κ3) is 3.56. The van der Waals surface area contributed by atoms with Crippen LogP contribution in [-0.2, 0) is 13.2 Å². The molecule has 0 saturated carbocycles. The van der Waals surface area contributed by atoms with E-state index in [1.165, 1.54) is 23.9 Å². The van der Waals surface area contributed by atoms with Gasteiger partial charge in [-0.25, -0.2) is 0 Å². The number of aromatic nitrogens is 1. The van der Waals surface area contributed by atoms with Crippen LogP contribution in [0.2, 0.25) is 5.02 Å². The summed E-state index contributed by atoms with van der Waals surface area (Å²) in [4.78, 5) is 12.3. The molecule has 0 aliphatic carbocycles. The summed E-state index contributed by atoms with van der Waals surface area (Å²) >= 11 is 5.83. The van der Waals surface area contributed by atoms with Crippen molar-refractivity contribution in [2.45, 2.75) is 6.18 Å². The van der Waals surface area contributed by atoms with Gasteiger partial charge >= 0.3 is 6.18 Å². The molecule has 0 radical (unpaired) electrons. The summed E-state index contributed by atoms with van der Waals surface area (Å²) in [5.41, 5.74) is -0.555. The van der Waals surface area contributed by atoms with Crippen LogP contribution in [0.1, 0.15) is 15.9 Å². The summed E-state index contributed by atoms with van der Waals surface area (Å²) in [6.07, 6.45) is -1.29. The Bertz CT molecular complexity index is 911. The number of halogens is 4. The highest BCUT2D eigenvalue weighted by Gasteiger charge is 2.36. The minimum Gasteiger partial charge on any atom is -0.462 e. The SMILES string of the molecule is Cn1cc(C(=O)Nc2ccoc2-c2ccc(Cl)cc2)c(C(F)(F)F)c1. The molecule has 0 saturated heterocycles. The highest BCUT2D eigenvalue weighted by atomic mass is 35.5. The molecule has 130 valence electrons. The Morgan fingerprint density at radius 3 is 2.48 bits per heavy atom. The predicted octanol–water partition coefficient (Wildman–Crippen LogP) is 5.21. The predicted molar refractivity (Wildman–Crippen MR) is 87.5 cm³/mol. The maximum Gasteiger partial charge on any atom is 0.418 e. The molecule has 0 aliphatic heterocycles. The van der Waals surface area contributed by atoms with Crippen molar-refractivity contribution in [1.29, 1.82) is 0 Å². The lowest BCUT2D eigenvalue weighted by Gasteiger charge is -2.09. The maximum atomic E-state index is 13.1. The number of hydrogen-bond acceptors (Lipinski definition) is 2. The zero-order valence-electron chi connectivity index (χ0n) is 12.9. The molecular weight excluding hydrogens is 357 g/mol. The van der Waals surface area contributed by atoms with Gasteiger partial charge in [-0.3, -0.25) is 4.79 Å². The van der Waals surface area contributed by atoms with Crippen LogP contribution in [0.25, 0.3) is 11.3 Å². The van der Waals surface area contributed by atoms with Crippen LogP contribution >= 0.6 is 11.6 Å². The molecule has 0 atom stereocenters. The van der Waals surface area contributed by atoms with Crippen molar-refractivity contribution in [2.24, 2.45) is 7.05 Å². The van der Waals surface area contributed by atoms with Crippen molar-refractivity contribution in [3.8, 4) is 11.3 Å². The average Bonchev–Trinajstić information content (AvgIpc) is 3.14. The summed E-state index contributed by atoms with van der Waals surface area (Å²) in [5.74, 6) is -0.543. The molecule has 1 amide bonds. The fourth-order valence-electron chi connectivity index (χ4n) is 2.41. The molecule has 0 bridgehead atoms. The number of aryl methyl sites for hydroxylation is 1. The van der Waals surface area contributed by atoms with Gasteiger partial charge in [-0.05, 0) is 24.3 Å². The highest BCUT2D eigenvalue weighted by molar-refractivity contribution is 6.30. The number of alkyl halides is 3. The number of anilines is 1. The lowest BCUT2D eigenvalue weighted by Crippen LogP contribution is -2.16. The first-order valence-electron chi connectivity index (χ1n) is 7.13. The summed E-state index contributed by atoms with van der Waals surface area (Å²) in [6, 6.07) is 8.12. The third-order valence-corrected chi connectivity index (χ3v) is 3.78. The van der Waals surface area contributed by atoms with E-state index in [1.807, 2.05) is 0 Å². The van der Waals surface area contributed by atoms with Crippen molar-refractivity contribution in [3.05, 3.63) is 65.1 Å². The van der Waals surface area contributed by atoms with Gasteiger partial charge in [0.15, 0.2) is 5.76 Å². The zero-order chi connectivity index (χ0) is 18.2. The molecule has 3 rings (SSSR count). The quantitative estimate of drug-likeness (QED) is 0.689. The smallest absolute Gasteiger partial charge is 0.418 e. The van der Waals surface area contributed by atoms with Gasteiger partial charge in [0.25, 0.3) is 5.91 Å². The second-order valence-electron chi connectivity index (χ2n) is 5.37. The Kier molecular flexibility index (Phi) is 4.34. The van der Waals surface area contributed by atoms with Crippen LogP contribution in [0.3, 0.4) is 0 Å². The monoisotopic (exact) mass is 368 g/mol. The first kappa shape index (κ1) is 17.2. The standard InChI is InChI=1S/C17H12ClF3N2O2/c1-23-8-12(13(9-23)17(19,20)21)16(24)22-14-6-7-25-15(14)10-2-4-11(18)5-3-10/h2-9H,1H3,(H,22,24). The van der Waals surface area contributed by atoms with Crippen LogP contribution in [0.5, 0.6) is 0 Å². The second-order valence-corrected chi connectivity index (χ2v) is 5.81. The first-order chi connectivity index (χ1) is 11.8. The van der Waals surface area contributed by atoms with Crippen molar-refractivity contribution >= 4 is 23.2 Å². The highest BCUT2D eigenvalue weighted by Crippen LogP contribution is 2.34. The molecule has 0 unspecified atom stereocenters. The fraction of sp³-hybridized carbons (Fsp3) is 0.118. The van der Waals surface area contributed by atoms with Gasteiger partial charge in [-0.1, -0.05) is 11.6 Å². The van der Waals surface area contributed by atoms with E-state index in [9.17, 15) is 18.0 Å². The number of nitrogens with zero attached hydrogens (tertiary/aromatic N) is 1. The Balaban J connectivity index is 1.91. The Hall–Kier alpha value is -2.67. The molecule has 0 fully saturated rings. The molecule has 2 aromatic heterocycles. The lowest BCUT2D eigenvalue weighted by molar-refractivity contribution is -0.137. The van der Waals surface area contributed by atoms with Crippen molar-refractivity contribution in [3.63, 3.8) is 0 Å². The molecule has 0 spiro atoms. The number of carbonyl (C=O) groups is 1. The zero-order valence-corrected chi connectivity index (χ0v) is 13.7. The Morgan fingerprint density at radius 1 is 1.16 bits per heavy atom. The van der Waals surface area contributed by atoms with Gasteiger partial charge in [0.1, 0.15) is 0 Å². The fourth-order valence-corrected chi connectivity index (χ4v) is 2.54. The minimum atomic E-state index is -4.62. The van der Waals surface area contributed by atoms with Crippen LogP contribution in [-0.4, -0.2) is 10.5 Å². The largest absolute Gasteiger partial charge is 0.462 e. The summed E-state index contributed by atoms with van der Waals surface area (Å²) in [6.45, 7) is 0. The van der Waals surface area contributed by atoms with Gasteiger partial charge < -0.3 is 14.3 Å². The number of hydrogen-bond donors (Lipinski definition) is 1. The Morgan fingerprint density at radius 2 is 1.84 bits per heavy atom. The number of rotatable bonds is 3. The lowest BCUT2D eigenvalue weighted by atomic mass is 10.1. The summed E-state index contributed by atoms with van der Waals surface area (Å²) in [7, 11) is 1.42. The van der Waals surface area contributed by atoms with Crippen molar-refractivity contribution < 1.29 is 22.4 Å². The number of benzene rings is 1. The van der Waals surface area contributed by atoms with E-state index in [-0.39, 0.29) is 5.69 Å². The van der Waals surface area contributed by atoms with Gasteiger partial charge in [0.2, 0.25) is 0 Å². The van der Waals surface area contributed by atoms with Gasteiger partial charge in [0.05, 0.1) is 23.1 Å². The number of carbonyl (C=O) groups excluding carboxylic acids is 1. The molecule has 1 N–H and O–H groups in total. The van der Waals surface area contributed by atoms with Crippen LogP contribution < -0.4 is 5.32 Å². The molecule has 1 aromatic carbocycles. The summed E-state index contributed by atoms with van der Waals surface area (Å²) < 4.78 is 45.7. The molecule has 4 nitrogen and oxygen atoms in total.